The molecule has 0 amide bonds. The number of benzene rings is 3. The van der Waals surface area contributed by atoms with Crippen LogP contribution in [0.2, 0.25) is 5.02 Å². The summed E-state index contributed by atoms with van der Waals surface area (Å²) in [6, 6.07) is 27.3. The zero-order chi connectivity index (χ0) is 25.0. The molecule has 6 aromatic rings. The van der Waals surface area contributed by atoms with Crippen molar-refractivity contribution in [3.05, 3.63) is 119 Å². The fourth-order valence-corrected chi connectivity index (χ4v) is 4.93. The maximum atomic E-state index is 6.14. The Bertz CT molecular complexity index is 1700. The number of hydrogen-bond acceptors (Lipinski definition) is 4. The Hall–Kier alpha value is -4.29. The Labute approximate surface area is 219 Å². The predicted molar refractivity (Wildman–Crippen MR) is 149 cm³/mol. The maximum absolute atomic E-state index is 6.14. The number of aryl methyl sites for hydroxylation is 2. The summed E-state index contributed by atoms with van der Waals surface area (Å²) >= 11 is 6.14. The van der Waals surface area contributed by atoms with Crippen molar-refractivity contribution in [2.24, 2.45) is 0 Å². The van der Waals surface area contributed by atoms with Gasteiger partial charge in [0.1, 0.15) is 6.33 Å². The Morgan fingerprint density at radius 2 is 1.78 bits per heavy atom. The summed E-state index contributed by atoms with van der Waals surface area (Å²) in [6.45, 7) is 1.61. The van der Waals surface area contributed by atoms with E-state index in [0.29, 0.717) is 5.02 Å². The standard InChI is InChI=1S/C30H25ClN6/c31-27-12-10-24-11-14-28(33-29(24)19-27)13-9-22-4-1-5-23(18-22)20-36-17-15-26-7-2-6-25(30(26)36)8-3-16-37-21-32-34-35-37/h1-2,4-7,9-15,17-19,21H,3,8,16,20H2/b13-9+. The van der Waals surface area contributed by atoms with E-state index >= 15 is 0 Å². The van der Waals surface area contributed by atoms with Crippen LogP contribution in [-0.2, 0) is 19.5 Å². The van der Waals surface area contributed by atoms with Crippen molar-refractivity contribution in [3.63, 3.8) is 0 Å². The second kappa shape index (κ2) is 10.4. The molecule has 0 aliphatic heterocycles. The van der Waals surface area contributed by atoms with Crippen molar-refractivity contribution >= 4 is 45.6 Å². The van der Waals surface area contributed by atoms with Crippen LogP contribution < -0.4 is 0 Å². The van der Waals surface area contributed by atoms with E-state index in [1.165, 1.54) is 22.0 Å². The van der Waals surface area contributed by atoms with Crippen molar-refractivity contribution in [3.8, 4) is 0 Å². The minimum absolute atomic E-state index is 0.696. The Morgan fingerprint density at radius 3 is 2.70 bits per heavy atom. The van der Waals surface area contributed by atoms with Gasteiger partial charge in [-0.3, -0.25) is 0 Å². The summed E-state index contributed by atoms with van der Waals surface area (Å²) in [5.41, 5.74) is 6.83. The van der Waals surface area contributed by atoms with Gasteiger partial charge in [-0.1, -0.05) is 66.2 Å². The van der Waals surface area contributed by atoms with Crippen LogP contribution in [0.5, 0.6) is 0 Å². The number of halogens is 1. The van der Waals surface area contributed by atoms with Gasteiger partial charge in [0.15, 0.2) is 0 Å². The third-order valence-electron chi connectivity index (χ3n) is 6.52. The van der Waals surface area contributed by atoms with Gasteiger partial charge < -0.3 is 4.57 Å². The molecule has 6 rings (SSSR count). The number of para-hydroxylation sites is 1. The number of tetrazole rings is 1. The van der Waals surface area contributed by atoms with E-state index in [9.17, 15) is 0 Å². The van der Waals surface area contributed by atoms with E-state index < -0.39 is 0 Å². The van der Waals surface area contributed by atoms with Crippen molar-refractivity contribution in [2.45, 2.75) is 25.9 Å². The first-order valence-corrected chi connectivity index (χ1v) is 12.7. The smallest absolute Gasteiger partial charge is 0.138 e. The molecule has 0 saturated heterocycles. The Kier molecular flexibility index (Phi) is 6.48. The van der Waals surface area contributed by atoms with Crippen LogP contribution >= 0.6 is 11.6 Å². The SMILES string of the molecule is Clc1ccc2ccc(/C=C/c3cccc(Cn4ccc5cccc(CCCn6cnnn6)c54)c3)nc2c1. The summed E-state index contributed by atoms with van der Waals surface area (Å²) in [4.78, 5) is 4.73. The first-order valence-electron chi connectivity index (χ1n) is 12.3. The molecular formula is C30H25ClN6. The van der Waals surface area contributed by atoms with E-state index in [1.807, 2.05) is 30.3 Å². The average molecular weight is 505 g/mol. The lowest BCUT2D eigenvalue weighted by atomic mass is 10.1. The van der Waals surface area contributed by atoms with Crippen LogP contribution in [0.1, 0.15) is 28.8 Å². The first kappa shape index (κ1) is 23.1. The summed E-state index contributed by atoms with van der Waals surface area (Å²) in [5, 5.41) is 14.4. The lowest BCUT2D eigenvalue weighted by Crippen LogP contribution is -2.03. The first-order chi connectivity index (χ1) is 18.2. The van der Waals surface area contributed by atoms with Gasteiger partial charge in [-0.2, -0.15) is 0 Å². The largest absolute Gasteiger partial charge is 0.343 e. The lowest BCUT2D eigenvalue weighted by molar-refractivity contribution is 0.559. The van der Waals surface area contributed by atoms with Crippen LogP contribution in [0.25, 0.3) is 34.0 Å². The van der Waals surface area contributed by atoms with Crippen LogP contribution in [0.4, 0.5) is 0 Å². The highest BCUT2D eigenvalue weighted by atomic mass is 35.5. The summed E-state index contributed by atoms with van der Waals surface area (Å²) in [6.07, 6.45) is 9.95. The lowest BCUT2D eigenvalue weighted by Gasteiger charge is -2.11. The molecule has 6 nitrogen and oxygen atoms in total. The fraction of sp³-hybridized carbons (Fsp3) is 0.133. The third kappa shape index (κ3) is 5.29. The third-order valence-corrected chi connectivity index (χ3v) is 6.76. The second-order valence-electron chi connectivity index (χ2n) is 9.13. The summed E-state index contributed by atoms with van der Waals surface area (Å²) in [5.74, 6) is 0. The molecule has 0 bridgehead atoms. The topological polar surface area (TPSA) is 61.4 Å². The van der Waals surface area contributed by atoms with Gasteiger partial charge in [0.2, 0.25) is 0 Å². The Balaban J connectivity index is 1.20. The van der Waals surface area contributed by atoms with Gasteiger partial charge in [0, 0.05) is 29.7 Å². The van der Waals surface area contributed by atoms with E-state index in [1.54, 1.807) is 11.0 Å². The van der Waals surface area contributed by atoms with Crippen LogP contribution in [0, 0.1) is 0 Å². The fourth-order valence-electron chi connectivity index (χ4n) is 4.76. The van der Waals surface area contributed by atoms with Crippen molar-refractivity contribution in [1.29, 1.82) is 0 Å². The molecule has 0 spiro atoms. The van der Waals surface area contributed by atoms with E-state index in [4.69, 9.17) is 16.6 Å². The molecule has 37 heavy (non-hydrogen) atoms. The molecule has 7 heteroatoms. The highest BCUT2D eigenvalue weighted by Crippen LogP contribution is 2.24. The molecule has 0 N–H and O–H groups in total. The average Bonchev–Trinajstić information content (AvgIpc) is 3.58. The normalized spacial score (nSPS) is 11.7. The molecule has 3 heterocycles. The monoisotopic (exact) mass is 504 g/mol. The van der Waals surface area contributed by atoms with Crippen molar-refractivity contribution < 1.29 is 0 Å². The number of nitrogens with zero attached hydrogens (tertiary/aromatic N) is 6. The predicted octanol–water partition coefficient (Wildman–Crippen LogP) is 6.68. The molecule has 0 unspecified atom stereocenters. The van der Waals surface area contributed by atoms with Crippen LogP contribution in [0.15, 0.2) is 91.4 Å². The molecule has 3 aromatic carbocycles. The van der Waals surface area contributed by atoms with Gasteiger partial charge in [0.25, 0.3) is 0 Å². The van der Waals surface area contributed by atoms with Crippen LogP contribution in [0.3, 0.4) is 0 Å². The number of pyridine rings is 1. The molecule has 0 saturated carbocycles. The Morgan fingerprint density at radius 1 is 0.865 bits per heavy atom. The molecular weight excluding hydrogens is 480 g/mol. The highest BCUT2D eigenvalue weighted by Gasteiger charge is 2.08. The molecule has 0 fully saturated rings. The van der Waals surface area contributed by atoms with Crippen molar-refractivity contribution in [2.75, 3.05) is 0 Å². The van der Waals surface area contributed by atoms with Crippen molar-refractivity contribution in [1.82, 2.24) is 29.8 Å². The minimum Gasteiger partial charge on any atom is -0.343 e. The molecule has 3 aromatic heterocycles. The number of fused-ring (bicyclic) bond motifs is 2. The number of aromatic nitrogens is 6. The van der Waals surface area contributed by atoms with E-state index in [2.05, 4.69) is 87.0 Å². The summed E-state index contributed by atoms with van der Waals surface area (Å²) < 4.78 is 4.12. The molecule has 0 atom stereocenters. The number of rotatable bonds is 8. The molecule has 0 aliphatic carbocycles. The van der Waals surface area contributed by atoms with Gasteiger partial charge in [-0.25, -0.2) is 9.67 Å². The molecule has 182 valence electrons. The van der Waals surface area contributed by atoms with Gasteiger partial charge in [-0.15, -0.1) is 5.10 Å². The zero-order valence-electron chi connectivity index (χ0n) is 20.2. The van der Waals surface area contributed by atoms with E-state index in [-0.39, 0.29) is 0 Å². The molecule has 0 aliphatic rings. The maximum Gasteiger partial charge on any atom is 0.138 e. The molecule has 0 radical (unpaired) electrons. The number of hydrogen-bond donors (Lipinski definition) is 0. The zero-order valence-corrected chi connectivity index (χ0v) is 21.0. The van der Waals surface area contributed by atoms with Gasteiger partial charge in [-0.05, 0) is 81.8 Å². The minimum atomic E-state index is 0.696. The highest BCUT2D eigenvalue weighted by molar-refractivity contribution is 6.31. The second-order valence-corrected chi connectivity index (χ2v) is 9.56. The summed E-state index contributed by atoms with van der Waals surface area (Å²) in [7, 11) is 0. The quantitative estimate of drug-likeness (QED) is 0.232. The van der Waals surface area contributed by atoms with Crippen LogP contribution in [-0.4, -0.2) is 29.8 Å². The van der Waals surface area contributed by atoms with Gasteiger partial charge >= 0.3 is 0 Å². The van der Waals surface area contributed by atoms with E-state index in [0.717, 1.165) is 48.1 Å². The van der Waals surface area contributed by atoms with Gasteiger partial charge in [0.05, 0.1) is 16.7 Å².